The van der Waals surface area contributed by atoms with Crippen molar-refractivity contribution in [3.8, 4) is 0 Å². The number of urea groups is 1. The molecule has 0 bridgehead atoms. The molecule has 112 valence electrons. The molecule has 0 fully saturated rings. The minimum Gasteiger partial charge on any atom is -0.478 e. The van der Waals surface area contributed by atoms with E-state index in [1.807, 2.05) is 0 Å². The van der Waals surface area contributed by atoms with Crippen LogP contribution in [0.3, 0.4) is 0 Å². The van der Waals surface area contributed by atoms with Gasteiger partial charge in [0.05, 0.1) is 5.56 Å². The maximum absolute atomic E-state index is 12.1. The first kappa shape index (κ1) is 14.8. The first-order valence-electron chi connectivity index (χ1n) is 6.69. The van der Waals surface area contributed by atoms with Crippen molar-refractivity contribution in [2.24, 2.45) is 5.73 Å². The first-order chi connectivity index (χ1) is 10.0. The fourth-order valence-electron chi connectivity index (χ4n) is 2.42. The van der Waals surface area contributed by atoms with Gasteiger partial charge in [-0.15, -0.1) is 0 Å². The maximum atomic E-state index is 12.1. The number of aromatic carboxylic acids is 1. The predicted octanol–water partition coefficient (Wildman–Crippen LogP) is 0.722. The van der Waals surface area contributed by atoms with Gasteiger partial charge in [0, 0.05) is 25.2 Å². The lowest BCUT2D eigenvalue weighted by molar-refractivity contribution is -0.117. The summed E-state index contributed by atoms with van der Waals surface area (Å²) in [5.74, 6) is -1.48. The summed E-state index contributed by atoms with van der Waals surface area (Å²) in [4.78, 5) is 35.5. The van der Waals surface area contributed by atoms with E-state index in [4.69, 9.17) is 5.73 Å². The largest absolute Gasteiger partial charge is 0.478 e. The molecule has 1 heterocycles. The lowest BCUT2D eigenvalue weighted by atomic mass is 9.96. The second-order valence-corrected chi connectivity index (χ2v) is 4.81. The van der Waals surface area contributed by atoms with Crippen LogP contribution in [0.1, 0.15) is 28.8 Å². The number of nitrogens with one attached hydrogen (secondary N) is 1. The normalized spacial score (nSPS) is 13.4. The van der Waals surface area contributed by atoms with E-state index in [0.717, 1.165) is 0 Å². The SMILES string of the molecule is NC(=O)CCNC(=O)N1CCCc2c(C(=O)O)cccc21. The Hall–Kier alpha value is -2.57. The zero-order valence-corrected chi connectivity index (χ0v) is 11.5. The van der Waals surface area contributed by atoms with Crippen LogP contribution in [0.5, 0.6) is 0 Å². The standard InChI is InChI=1S/C14H17N3O4/c15-12(18)6-7-16-14(21)17-8-2-4-9-10(13(19)20)3-1-5-11(9)17/h1,3,5H,2,4,6-8H2,(H2,15,18)(H,16,21)(H,19,20). The van der Waals surface area contributed by atoms with Crippen molar-refractivity contribution >= 4 is 23.6 Å². The Bertz CT molecular complexity index is 586. The number of fused-ring (bicyclic) bond motifs is 1. The number of primary amides is 1. The first-order valence-corrected chi connectivity index (χ1v) is 6.69. The highest BCUT2D eigenvalue weighted by molar-refractivity contribution is 5.97. The summed E-state index contributed by atoms with van der Waals surface area (Å²) in [6.07, 6.45) is 1.39. The molecule has 0 saturated heterocycles. The fraction of sp³-hybridized carbons (Fsp3) is 0.357. The minimum atomic E-state index is -0.997. The number of nitrogens with zero attached hydrogens (tertiary/aromatic N) is 1. The summed E-state index contributed by atoms with van der Waals surface area (Å²) >= 11 is 0. The third kappa shape index (κ3) is 3.31. The van der Waals surface area contributed by atoms with E-state index >= 15 is 0 Å². The van der Waals surface area contributed by atoms with Gasteiger partial charge < -0.3 is 16.2 Å². The van der Waals surface area contributed by atoms with Gasteiger partial charge in [-0.2, -0.15) is 0 Å². The molecule has 0 atom stereocenters. The Morgan fingerprint density at radius 2 is 2.10 bits per heavy atom. The van der Waals surface area contributed by atoms with Crippen LogP contribution in [0, 0.1) is 0 Å². The number of carboxylic acids is 1. The van der Waals surface area contributed by atoms with Gasteiger partial charge in [0.1, 0.15) is 0 Å². The van der Waals surface area contributed by atoms with E-state index in [2.05, 4.69) is 5.32 Å². The Balaban J connectivity index is 2.18. The van der Waals surface area contributed by atoms with Crippen LogP contribution >= 0.6 is 0 Å². The van der Waals surface area contributed by atoms with E-state index in [9.17, 15) is 19.5 Å². The summed E-state index contributed by atoms with van der Waals surface area (Å²) in [6, 6.07) is 4.54. The fourth-order valence-corrected chi connectivity index (χ4v) is 2.42. The second kappa shape index (κ2) is 6.25. The Morgan fingerprint density at radius 1 is 1.33 bits per heavy atom. The number of anilines is 1. The van der Waals surface area contributed by atoms with Crippen LogP contribution in [0.15, 0.2) is 18.2 Å². The second-order valence-electron chi connectivity index (χ2n) is 4.81. The highest BCUT2D eigenvalue weighted by Gasteiger charge is 2.25. The lowest BCUT2D eigenvalue weighted by Crippen LogP contribution is -2.44. The molecule has 4 N–H and O–H groups in total. The van der Waals surface area contributed by atoms with Gasteiger partial charge in [0.25, 0.3) is 0 Å². The minimum absolute atomic E-state index is 0.0710. The number of amides is 3. The maximum Gasteiger partial charge on any atom is 0.336 e. The topological polar surface area (TPSA) is 113 Å². The van der Waals surface area contributed by atoms with Crippen molar-refractivity contribution in [2.45, 2.75) is 19.3 Å². The van der Waals surface area contributed by atoms with Gasteiger partial charge in [-0.3, -0.25) is 9.69 Å². The number of hydrogen-bond acceptors (Lipinski definition) is 3. The van der Waals surface area contributed by atoms with Crippen molar-refractivity contribution in [3.63, 3.8) is 0 Å². The number of nitrogens with two attached hydrogens (primary N) is 1. The van der Waals surface area contributed by atoms with Crippen LogP contribution in [0.25, 0.3) is 0 Å². The molecule has 0 aromatic heterocycles. The average Bonchev–Trinajstić information content (AvgIpc) is 2.45. The highest BCUT2D eigenvalue weighted by Crippen LogP contribution is 2.29. The average molecular weight is 291 g/mol. The monoisotopic (exact) mass is 291 g/mol. The Kier molecular flexibility index (Phi) is 4.42. The van der Waals surface area contributed by atoms with Gasteiger partial charge in [-0.05, 0) is 30.5 Å². The van der Waals surface area contributed by atoms with Crippen LogP contribution in [0.4, 0.5) is 10.5 Å². The van der Waals surface area contributed by atoms with Crippen LogP contribution < -0.4 is 16.0 Å². The molecule has 21 heavy (non-hydrogen) atoms. The molecular formula is C14H17N3O4. The molecule has 7 heteroatoms. The van der Waals surface area contributed by atoms with E-state index in [1.54, 1.807) is 12.1 Å². The quantitative estimate of drug-likeness (QED) is 0.758. The zero-order valence-electron chi connectivity index (χ0n) is 11.5. The Labute approximate surface area is 121 Å². The van der Waals surface area contributed by atoms with Crippen molar-refractivity contribution in [1.82, 2.24) is 5.32 Å². The number of hydrogen-bond donors (Lipinski definition) is 3. The molecule has 2 rings (SSSR count). The van der Waals surface area contributed by atoms with Crippen LogP contribution in [-0.4, -0.2) is 36.1 Å². The van der Waals surface area contributed by atoms with E-state index < -0.39 is 11.9 Å². The van der Waals surface area contributed by atoms with Gasteiger partial charge in [0.2, 0.25) is 5.91 Å². The summed E-state index contributed by atoms with van der Waals surface area (Å²) in [7, 11) is 0. The lowest BCUT2D eigenvalue weighted by Gasteiger charge is -2.30. The van der Waals surface area contributed by atoms with Gasteiger partial charge in [0.15, 0.2) is 0 Å². The molecule has 0 unspecified atom stereocenters. The third-order valence-corrected chi connectivity index (χ3v) is 3.37. The molecule has 1 aromatic rings. The van der Waals surface area contributed by atoms with Crippen molar-refractivity contribution < 1.29 is 19.5 Å². The Morgan fingerprint density at radius 3 is 2.76 bits per heavy atom. The number of benzene rings is 1. The number of carbonyl (C=O) groups excluding carboxylic acids is 2. The number of carbonyl (C=O) groups is 3. The van der Waals surface area contributed by atoms with Gasteiger partial charge in [-0.1, -0.05) is 6.07 Å². The third-order valence-electron chi connectivity index (χ3n) is 3.37. The summed E-state index contributed by atoms with van der Waals surface area (Å²) < 4.78 is 0. The highest BCUT2D eigenvalue weighted by atomic mass is 16.4. The molecule has 1 aliphatic heterocycles. The zero-order chi connectivity index (χ0) is 15.4. The molecule has 1 aliphatic rings. The van der Waals surface area contributed by atoms with E-state index in [-0.39, 0.29) is 24.6 Å². The van der Waals surface area contributed by atoms with Gasteiger partial charge >= 0.3 is 12.0 Å². The van der Waals surface area contributed by atoms with Crippen molar-refractivity contribution in [3.05, 3.63) is 29.3 Å². The smallest absolute Gasteiger partial charge is 0.336 e. The van der Waals surface area contributed by atoms with Crippen LogP contribution in [0.2, 0.25) is 0 Å². The van der Waals surface area contributed by atoms with Gasteiger partial charge in [-0.25, -0.2) is 9.59 Å². The predicted molar refractivity (Wildman–Crippen MR) is 76.3 cm³/mol. The number of rotatable bonds is 4. The molecule has 1 aromatic carbocycles. The van der Waals surface area contributed by atoms with Crippen LogP contribution in [-0.2, 0) is 11.2 Å². The van der Waals surface area contributed by atoms with E-state index in [1.165, 1.54) is 11.0 Å². The molecular weight excluding hydrogens is 274 g/mol. The molecule has 3 amide bonds. The van der Waals surface area contributed by atoms with Crippen molar-refractivity contribution in [1.29, 1.82) is 0 Å². The molecule has 0 radical (unpaired) electrons. The number of carboxylic acid groups (broad SMARTS) is 1. The molecule has 0 saturated carbocycles. The molecule has 7 nitrogen and oxygen atoms in total. The molecule has 0 aliphatic carbocycles. The molecule has 0 spiro atoms. The summed E-state index contributed by atoms with van der Waals surface area (Å²) in [5, 5.41) is 11.8. The summed E-state index contributed by atoms with van der Waals surface area (Å²) in [6.45, 7) is 0.678. The van der Waals surface area contributed by atoms with Crippen molar-refractivity contribution in [2.75, 3.05) is 18.0 Å². The van der Waals surface area contributed by atoms with E-state index in [0.29, 0.717) is 30.6 Å². The summed E-state index contributed by atoms with van der Waals surface area (Å²) in [5.41, 5.74) is 6.52.